The third-order valence-electron chi connectivity index (χ3n) is 2.56. The van der Waals surface area contributed by atoms with E-state index in [0.717, 1.165) is 21.7 Å². The summed E-state index contributed by atoms with van der Waals surface area (Å²) in [6.07, 6.45) is -2.87. The molecule has 1 atom stereocenters. The largest absolute Gasteiger partial charge is 0.405 e. The third kappa shape index (κ3) is 1.79. The first kappa shape index (κ1) is 11.2. The number of alkyl halides is 3. The van der Waals surface area contributed by atoms with Crippen LogP contribution in [-0.4, -0.2) is 11.2 Å². The Kier molecular flexibility index (Phi) is 2.52. The van der Waals surface area contributed by atoms with E-state index < -0.39 is 11.4 Å². The molecule has 0 saturated carbocycles. The maximum Gasteiger partial charge on any atom is 0.405 e. The molecular weight excluding hydrogens is 267 g/mol. The van der Waals surface area contributed by atoms with Gasteiger partial charge in [-0.05, 0) is 6.07 Å². The molecule has 1 nitrogen and oxygen atoms in total. The Morgan fingerprint density at radius 1 is 1.18 bits per heavy atom. The van der Waals surface area contributed by atoms with E-state index in [2.05, 4.69) is 4.98 Å². The molecule has 1 aromatic carbocycles. The van der Waals surface area contributed by atoms with Crippen molar-refractivity contribution in [3.05, 3.63) is 36.0 Å². The van der Waals surface area contributed by atoms with Crippen LogP contribution < -0.4 is 0 Å². The molecule has 6 heteroatoms. The van der Waals surface area contributed by atoms with Gasteiger partial charge in [-0.1, -0.05) is 39.8 Å². The quantitative estimate of drug-likeness (QED) is 0.651. The second-order valence-electron chi connectivity index (χ2n) is 3.66. The predicted octanol–water partition coefficient (Wildman–Crippen LogP) is 4.59. The molecule has 0 spiro atoms. The lowest BCUT2D eigenvalue weighted by Gasteiger charge is -2.13. The van der Waals surface area contributed by atoms with E-state index in [1.165, 1.54) is 17.0 Å². The molecule has 0 N–H and O–H groups in total. The highest BCUT2D eigenvalue weighted by atomic mass is 33.1. The van der Waals surface area contributed by atoms with Crippen LogP contribution in [0.25, 0.3) is 10.9 Å². The summed E-state index contributed by atoms with van der Waals surface area (Å²) in [5, 5.41) is -0.658. The number of nitrogens with zero attached hydrogens (tertiary/aromatic N) is 1. The highest BCUT2D eigenvalue weighted by molar-refractivity contribution is 8.77. The Morgan fingerprint density at radius 2 is 1.94 bits per heavy atom. The third-order valence-corrected chi connectivity index (χ3v) is 5.36. The summed E-state index contributed by atoms with van der Waals surface area (Å²) in [6, 6.07) is 7.27. The summed E-state index contributed by atoms with van der Waals surface area (Å²) in [5.41, 5.74) is 1.02. The van der Waals surface area contributed by atoms with Crippen molar-refractivity contribution in [2.75, 3.05) is 0 Å². The van der Waals surface area contributed by atoms with Crippen LogP contribution in [0.5, 0.6) is 0 Å². The van der Waals surface area contributed by atoms with Gasteiger partial charge in [-0.15, -0.1) is 0 Å². The van der Waals surface area contributed by atoms with E-state index in [4.69, 9.17) is 0 Å². The van der Waals surface area contributed by atoms with Crippen LogP contribution in [-0.2, 0) is 0 Å². The maximum absolute atomic E-state index is 12.8. The van der Waals surface area contributed by atoms with Crippen LogP contribution in [0.3, 0.4) is 0 Å². The van der Waals surface area contributed by atoms with E-state index in [1.54, 1.807) is 0 Å². The predicted molar refractivity (Wildman–Crippen MR) is 64.0 cm³/mol. The van der Waals surface area contributed by atoms with Gasteiger partial charge >= 0.3 is 6.18 Å². The van der Waals surface area contributed by atoms with Gasteiger partial charge in [0.2, 0.25) is 0 Å². The van der Waals surface area contributed by atoms with E-state index >= 15 is 0 Å². The van der Waals surface area contributed by atoms with Crippen molar-refractivity contribution in [2.24, 2.45) is 0 Å². The van der Waals surface area contributed by atoms with Gasteiger partial charge in [0.25, 0.3) is 0 Å². The summed E-state index contributed by atoms with van der Waals surface area (Å²) in [4.78, 5) is 4.79. The van der Waals surface area contributed by atoms with Gasteiger partial charge in [0.05, 0.1) is 5.52 Å². The minimum atomic E-state index is -4.22. The molecule has 0 aliphatic carbocycles. The van der Waals surface area contributed by atoms with Gasteiger partial charge in [0.1, 0.15) is 5.25 Å². The summed E-state index contributed by atoms with van der Waals surface area (Å²) >= 11 is 0. The molecule has 17 heavy (non-hydrogen) atoms. The first-order chi connectivity index (χ1) is 8.07. The highest BCUT2D eigenvalue weighted by Crippen LogP contribution is 2.60. The van der Waals surface area contributed by atoms with Crippen molar-refractivity contribution in [3.8, 4) is 0 Å². The average Bonchev–Trinajstić information content (AvgIpc) is 2.72. The summed E-state index contributed by atoms with van der Waals surface area (Å²) < 4.78 is 38.3. The standard InChI is InChI=1S/C11H6F3NS2/c12-11(13,14)10-7-5-15-8-4-2-1-3-6(8)9(7)16-17-10/h1-5,10H. The SMILES string of the molecule is FC(F)(F)C1SSc2c1cnc1ccccc21. The molecule has 0 radical (unpaired) electrons. The number of para-hydroxylation sites is 1. The number of fused-ring (bicyclic) bond motifs is 3. The fourth-order valence-electron chi connectivity index (χ4n) is 1.79. The van der Waals surface area contributed by atoms with E-state index in [9.17, 15) is 13.2 Å². The summed E-state index contributed by atoms with van der Waals surface area (Å²) in [6.45, 7) is 0. The van der Waals surface area contributed by atoms with E-state index in [0.29, 0.717) is 4.90 Å². The smallest absolute Gasteiger partial charge is 0.256 e. The Hall–Kier alpha value is -0.880. The molecule has 0 amide bonds. The lowest BCUT2D eigenvalue weighted by Crippen LogP contribution is -2.15. The molecule has 1 unspecified atom stereocenters. The molecule has 3 rings (SSSR count). The van der Waals surface area contributed by atoms with Crippen LogP contribution in [0.2, 0.25) is 0 Å². The second-order valence-corrected chi connectivity index (χ2v) is 5.98. The van der Waals surface area contributed by atoms with Crippen molar-refractivity contribution >= 4 is 32.5 Å². The van der Waals surface area contributed by atoms with Gasteiger partial charge in [-0.3, -0.25) is 4.98 Å². The molecule has 1 aliphatic heterocycles. The van der Waals surface area contributed by atoms with E-state index in [-0.39, 0.29) is 5.56 Å². The first-order valence-electron chi connectivity index (χ1n) is 4.85. The highest BCUT2D eigenvalue weighted by Gasteiger charge is 2.46. The van der Waals surface area contributed by atoms with Gasteiger partial charge in [-0.25, -0.2) is 0 Å². The molecule has 0 fully saturated rings. The molecule has 1 aromatic heterocycles. The lowest BCUT2D eigenvalue weighted by atomic mass is 10.1. The number of hydrogen-bond acceptors (Lipinski definition) is 3. The van der Waals surface area contributed by atoms with E-state index in [1.807, 2.05) is 24.3 Å². The van der Waals surface area contributed by atoms with Crippen LogP contribution >= 0.6 is 21.6 Å². The van der Waals surface area contributed by atoms with Gasteiger partial charge in [-0.2, -0.15) is 13.2 Å². The van der Waals surface area contributed by atoms with Crippen molar-refractivity contribution in [2.45, 2.75) is 16.3 Å². The van der Waals surface area contributed by atoms with Gasteiger partial charge < -0.3 is 0 Å². The summed E-state index contributed by atoms with van der Waals surface area (Å²) in [5.74, 6) is 0. The van der Waals surface area contributed by atoms with Crippen LogP contribution in [0.4, 0.5) is 13.2 Å². The number of halogens is 3. The van der Waals surface area contributed by atoms with Crippen molar-refractivity contribution in [3.63, 3.8) is 0 Å². The lowest BCUT2D eigenvalue weighted by molar-refractivity contribution is -0.129. The molecular formula is C11H6F3NS2. The Bertz CT molecular complexity index is 582. The molecule has 2 aromatic rings. The minimum Gasteiger partial charge on any atom is -0.256 e. The van der Waals surface area contributed by atoms with Gasteiger partial charge in [0.15, 0.2) is 0 Å². The molecule has 2 heterocycles. The monoisotopic (exact) mass is 273 g/mol. The van der Waals surface area contributed by atoms with Crippen molar-refractivity contribution < 1.29 is 13.2 Å². The fraction of sp³-hybridized carbons (Fsp3) is 0.182. The van der Waals surface area contributed by atoms with Crippen LogP contribution in [0, 0.1) is 0 Å². The Labute approximate surface area is 103 Å². The zero-order valence-electron chi connectivity index (χ0n) is 8.36. The number of benzene rings is 1. The maximum atomic E-state index is 12.8. The molecule has 88 valence electrons. The normalized spacial score (nSPS) is 19.6. The number of pyridine rings is 1. The topological polar surface area (TPSA) is 12.9 Å². The summed E-state index contributed by atoms with van der Waals surface area (Å²) in [7, 11) is 2.03. The fourth-order valence-corrected chi connectivity index (χ4v) is 4.75. The van der Waals surface area contributed by atoms with Crippen molar-refractivity contribution in [1.29, 1.82) is 0 Å². The Morgan fingerprint density at radius 3 is 2.71 bits per heavy atom. The zero-order chi connectivity index (χ0) is 12.0. The number of hydrogen-bond donors (Lipinski definition) is 0. The zero-order valence-corrected chi connectivity index (χ0v) is 9.99. The van der Waals surface area contributed by atoms with Crippen LogP contribution in [0.1, 0.15) is 10.8 Å². The molecule has 1 aliphatic rings. The number of aromatic nitrogens is 1. The minimum absolute atomic E-state index is 0.284. The van der Waals surface area contributed by atoms with Crippen LogP contribution in [0.15, 0.2) is 35.4 Å². The van der Waals surface area contributed by atoms with Crippen molar-refractivity contribution in [1.82, 2.24) is 4.98 Å². The number of rotatable bonds is 0. The second kappa shape index (κ2) is 3.81. The van der Waals surface area contributed by atoms with Gasteiger partial charge in [0, 0.05) is 22.0 Å². The molecule has 0 bridgehead atoms. The Balaban J connectivity index is 2.21. The molecule has 0 saturated heterocycles. The first-order valence-corrected chi connectivity index (χ1v) is 7.06. The average molecular weight is 273 g/mol.